The third-order valence-corrected chi connectivity index (χ3v) is 6.71. The highest BCUT2D eigenvalue weighted by Gasteiger charge is 2.74. The van der Waals surface area contributed by atoms with Crippen LogP contribution in [0.25, 0.3) is 0 Å². The summed E-state index contributed by atoms with van der Waals surface area (Å²) in [4.78, 5) is 43.2. The second-order valence-electron chi connectivity index (χ2n) is 8.89. The number of nitrogens with zero attached hydrogens (tertiary/aromatic N) is 4. The number of fused-ring (bicyclic) bond motifs is 1. The number of rotatable bonds is 2. The first kappa shape index (κ1) is 19.1. The van der Waals surface area contributed by atoms with Crippen molar-refractivity contribution in [3.05, 3.63) is 28.3 Å². The molecule has 4 rings (SSSR count). The zero-order valence-electron chi connectivity index (χ0n) is 16.3. The fraction of sp³-hybridized carbons (Fsp3) is 0.500. The minimum Gasteiger partial charge on any atom is -0.292 e. The quantitative estimate of drug-likeness (QED) is 0.561. The standard InChI is InChI=1S/C20H22ClN4O3/c1-11-13(6-5-12(7-22)16(11)21)24-18(27)15-9-23-8-14(17(26)20(2,3)4)25(15,10-23)19(24)28/h5-6,14-15H,8-10H2,1-4H3/q+1. The van der Waals surface area contributed by atoms with Crippen LogP contribution in [0.2, 0.25) is 5.02 Å². The van der Waals surface area contributed by atoms with Gasteiger partial charge in [0.2, 0.25) is 0 Å². The van der Waals surface area contributed by atoms with Crippen LogP contribution in [0.4, 0.5) is 10.5 Å². The number of nitriles is 1. The molecule has 0 saturated carbocycles. The Bertz CT molecular complexity index is 977. The molecule has 0 radical (unpaired) electrons. The maximum atomic E-state index is 13.6. The van der Waals surface area contributed by atoms with E-state index < -0.39 is 17.5 Å². The predicted molar refractivity (Wildman–Crippen MR) is 103 cm³/mol. The van der Waals surface area contributed by atoms with Gasteiger partial charge >= 0.3 is 6.03 Å². The molecule has 28 heavy (non-hydrogen) atoms. The normalized spacial score (nSPS) is 31.3. The molecule has 0 aromatic heterocycles. The Hall–Kier alpha value is -2.27. The van der Waals surface area contributed by atoms with Gasteiger partial charge in [0.25, 0.3) is 5.91 Å². The third-order valence-electron chi connectivity index (χ3n) is 6.22. The molecule has 3 fully saturated rings. The van der Waals surface area contributed by atoms with E-state index >= 15 is 0 Å². The number of hydrogen-bond donors (Lipinski definition) is 0. The van der Waals surface area contributed by atoms with Gasteiger partial charge in [-0.15, -0.1) is 0 Å². The van der Waals surface area contributed by atoms with Crippen molar-refractivity contribution in [1.82, 2.24) is 4.90 Å². The molecule has 1 spiro atoms. The van der Waals surface area contributed by atoms with Gasteiger partial charge in [-0.2, -0.15) is 10.2 Å². The van der Waals surface area contributed by atoms with E-state index in [0.29, 0.717) is 36.6 Å². The summed E-state index contributed by atoms with van der Waals surface area (Å²) in [5, 5.41) is 9.40. The summed E-state index contributed by atoms with van der Waals surface area (Å²) in [5.74, 6) is -0.305. The third kappa shape index (κ3) is 2.26. The number of ketones is 1. The maximum absolute atomic E-state index is 13.6. The van der Waals surface area contributed by atoms with Gasteiger partial charge in [0, 0.05) is 5.41 Å². The van der Waals surface area contributed by atoms with Crippen molar-refractivity contribution in [3.63, 3.8) is 0 Å². The molecule has 3 amide bonds. The van der Waals surface area contributed by atoms with E-state index in [1.807, 2.05) is 31.7 Å². The lowest BCUT2D eigenvalue weighted by atomic mass is 9.84. The molecule has 7 nitrogen and oxygen atoms in total. The van der Waals surface area contributed by atoms with Gasteiger partial charge in [-0.3, -0.25) is 9.59 Å². The van der Waals surface area contributed by atoms with Gasteiger partial charge in [-0.05, 0) is 24.6 Å². The number of benzene rings is 1. The van der Waals surface area contributed by atoms with Crippen molar-refractivity contribution in [2.24, 2.45) is 5.41 Å². The van der Waals surface area contributed by atoms with Crippen molar-refractivity contribution >= 4 is 35.0 Å². The summed E-state index contributed by atoms with van der Waals surface area (Å²) in [7, 11) is 0. The molecule has 4 atom stereocenters. The Kier molecular flexibility index (Phi) is 3.99. The van der Waals surface area contributed by atoms with Crippen molar-refractivity contribution < 1.29 is 18.9 Å². The smallest absolute Gasteiger partial charge is 0.292 e. The number of carbonyl (C=O) groups is 3. The Morgan fingerprint density at radius 1 is 1.29 bits per heavy atom. The number of quaternary nitrogens is 1. The summed E-state index contributed by atoms with van der Waals surface area (Å²) in [6.07, 6.45) is 0. The number of halogens is 1. The molecular weight excluding hydrogens is 380 g/mol. The van der Waals surface area contributed by atoms with Crippen LogP contribution in [-0.4, -0.2) is 58.9 Å². The fourth-order valence-corrected chi connectivity index (χ4v) is 4.97. The number of Topliss-reactive ketones (excluding diaryl/α,β-unsaturated/α-hetero) is 1. The molecule has 3 aliphatic rings. The monoisotopic (exact) mass is 401 g/mol. The summed E-state index contributed by atoms with van der Waals surface area (Å²) < 4.78 is -0.147. The van der Waals surface area contributed by atoms with Crippen LogP contribution in [0.1, 0.15) is 31.9 Å². The number of urea groups is 1. The van der Waals surface area contributed by atoms with Crippen LogP contribution in [0.5, 0.6) is 0 Å². The largest absolute Gasteiger partial charge is 0.433 e. The summed E-state index contributed by atoms with van der Waals surface area (Å²) in [6, 6.07) is 3.61. The lowest BCUT2D eigenvalue weighted by Gasteiger charge is -2.35. The van der Waals surface area contributed by atoms with Crippen LogP contribution in [0.15, 0.2) is 12.1 Å². The molecule has 3 saturated heterocycles. The zero-order chi connectivity index (χ0) is 20.6. The minimum atomic E-state index is -0.599. The molecule has 2 bridgehead atoms. The molecular formula is C20H22ClN4O3+. The fourth-order valence-electron chi connectivity index (χ4n) is 4.76. The van der Waals surface area contributed by atoms with Gasteiger partial charge in [0.1, 0.15) is 12.7 Å². The van der Waals surface area contributed by atoms with Crippen LogP contribution in [0, 0.1) is 23.7 Å². The van der Waals surface area contributed by atoms with Gasteiger partial charge < -0.3 is 0 Å². The number of carbonyl (C=O) groups excluding carboxylic acids is 3. The molecule has 146 valence electrons. The lowest BCUT2D eigenvalue weighted by Crippen LogP contribution is -2.64. The number of amides is 3. The summed E-state index contributed by atoms with van der Waals surface area (Å²) in [5.41, 5.74) is 0.596. The Morgan fingerprint density at radius 2 is 1.96 bits per heavy atom. The first-order valence-electron chi connectivity index (χ1n) is 9.26. The van der Waals surface area contributed by atoms with Gasteiger partial charge in [-0.25, -0.2) is 14.2 Å². The van der Waals surface area contributed by atoms with Crippen molar-refractivity contribution in [2.45, 2.75) is 39.8 Å². The average molecular weight is 402 g/mol. The van der Waals surface area contributed by atoms with Crippen LogP contribution in [-0.2, 0) is 9.59 Å². The van der Waals surface area contributed by atoms with E-state index in [-0.39, 0.29) is 27.2 Å². The second kappa shape index (κ2) is 5.86. The lowest BCUT2D eigenvalue weighted by molar-refractivity contribution is -0.853. The molecule has 4 unspecified atom stereocenters. The molecule has 3 aliphatic heterocycles. The molecule has 0 aliphatic carbocycles. The van der Waals surface area contributed by atoms with Crippen molar-refractivity contribution in [2.75, 3.05) is 24.7 Å². The Labute approximate surface area is 168 Å². The molecule has 1 aromatic rings. The highest BCUT2D eigenvalue weighted by atomic mass is 35.5. The number of imide groups is 1. The minimum absolute atomic E-state index is 0.00252. The second-order valence-corrected chi connectivity index (χ2v) is 9.27. The molecule has 8 heteroatoms. The highest BCUT2D eigenvalue weighted by Crippen LogP contribution is 2.46. The van der Waals surface area contributed by atoms with E-state index in [1.165, 1.54) is 11.0 Å². The topological polar surface area (TPSA) is 81.5 Å². The van der Waals surface area contributed by atoms with Crippen molar-refractivity contribution in [3.8, 4) is 6.07 Å². The predicted octanol–water partition coefficient (Wildman–Crippen LogP) is 2.44. The first-order valence-corrected chi connectivity index (χ1v) is 9.63. The summed E-state index contributed by atoms with van der Waals surface area (Å²) >= 11 is 6.27. The highest BCUT2D eigenvalue weighted by molar-refractivity contribution is 6.33. The van der Waals surface area contributed by atoms with E-state index in [4.69, 9.17) is 16.9 Å². The zero-order valence-corrected chi connectivity index (χ0v) is 17.1. The van der Waals surface area contributed by atoms with E-state index in [9.17, 15) is 14.4 Å². The van der Waals surface area contributed by atoms with Crippen LogP contribution < -0.4 is 4.90 Å². The molecule has 3 heterocycles. The Balaban J connectivity index is 1.81. The SMILES string of the molecule is Cc1c(N2C(=O)C3CN4CC(C(=O)C(C)(C)C)[N+]3(C4)C2=O)ccc(C#N)c1Cl. The summed E-state index contributed by atoms with van der Waals surface area (Å²) in [6.45, 7) is 8.56. The maximum Gasteiger partial charge on any atom is 0.433 e. The average Bonchev–Trinajstić information content (AvgIpc) is 3.25. The van der Waals surface area contributed by atoms with Crippen LogP contribution in [0.3, 0.4) is 0 Å². The van der Waals surface area contributed by atoms with Gasteiger partial charge in [0.05, 0.1) is 29.4 Å². The van der Waals surface area contributed by atoms with Crippen molar-refractivity contribution in [1.29, 1.82) is 5.26 Å². The molecule has 0 N–H and O–H groups in total. The van der Waals surface area contributed by atoms with Crippen LogP contribution >= 0.6 is 11.6 Å². The number of piperazine rings is 1. The van der Waals surface area contributed by atoms with E-state index in [2.05, 4.69) is 0 Å². The molecule has 1 aromatic carbocycles. The number of anilines is 1. The van der Waals surface area contributed by atoms with Gasteiger partial charge in [0.15, 0.2) is 17.9 Å². The van der Waals surface area contributed by atoms with E-state index in [0.717, 1.165) is 0 Å². The number of hydrogen-bond acceptors (Lipinski definition) is 5. The first-order chi connectivity index (χ1) is 13.0. The van der Waals surface area contributed by atoms with E-state index in [1.54, 1.807) is 13.0 Å². The van der Waals surface area contributed by atoms with Gasteiger partial charge in [-0.1, -0.05) is 32.4 Å². The Morgan fingerprint density at radius 3 is 2.57 bits per heavy atom.